The number of amides is 2. The zero-order chi connectivity index (χ0) is 45.2. The number of aromatic carboxylic acids is 2. The van der Waals surface area contributed by atoms with Gasteiger partial charge in [0.1, 0.15) is 22.6 Å². The van der Waals surface area contributed by atoms with Gasteiger partial charge in [-0.15, -0.1) is 0 Å². The standard InChI is InChI=1S/C50H76N2O10/c1-3-5-7-9-11-13-17-21-25-29-45(53)51-39-33-35-43(41(37-39)49(57)58)61-47(55)31-27-23-19-15-16-20-24-28-32-48(56)62-44-36-34-40(38-42(44)50(59)60)52-46(54)30-26-22-18-14-12-10-8-6-4-2/h33-38H,3-32H2,1-2H3,(H,51,53)(H,52,54)(H,57,58)(H,59,60). The molecule has 0 saturated carbocycles. The molecule has 0 aliphatic rings. The number of rotatable bonds is 37. The van der Waals surface area contributed by atoms with Gasteiger partial charge >= 0.3 is 23.9 Å². The molecule has 2 aromatic carbocycles. The molecule has 0 bridgehead atoms. The van der Waals surface area contributed by atoms with Crippen molar-refractivity contribution in [2.45, 2.75) is 206 Å². The first-order valence-corrected chi connectivity index (χ1v) is 23.8. The maximum Gasteiger partial charge on any atom is 0.339 e. The Balaban J connectivity index is 1.58. The van der Waals surface area contributed by atoms with Gasteiger partial charge in [-0.3, -0.25) is 19.2 Å². The van der Waals surface area contributed by atoms with Crippen LogP contribution in [0.15, 0.2) is 36.4 Å². The van der Waals surface area contributed by atoms with Crippen molar-refractivity contribution in [1.29, 1.82) is 0 Å². The van der Waals surface area contributed by atoms with Crippen molar-refractivity contribution in [3.63, 3.8) is 0 Å². The lowest BCUT2D eigenvalue weighted by Gasteiger charge is -2.11. The molecule has 0 heterocycles. The molecule has 2 amide bonds. The molecule has 12 nitrogen and oxygen atoms in total. The Morgan fingerprint density at radius 3 is 0.968 bits per heavy atom. The lowest BCUT2D eigenvalue weighted by molar-refractivity contribution is -0.135. The van der Waals surface area contributed by atoms with Crippen LogP contribution in [0.4, 0.5) is 11.4 Å². The minimum Gasteiger partial charge on any atom is -0.478 e. The van der Waals surface area contributed by atoms with Gasteiger partial charge < -0.3 is 30.3 Å². The number of carbonyl (C=O) groups is 6. The maximum atomic E-state index is 12.5. The Hall–Kier alpha value is -4.74. The van der Waals surface area contributed by atoms with Gasteiger partial charge in [-0.25, -0.2) is 9.59 Å². The summed E-state index contributed by atoms with van der Waals surface area (Å²) in [5, 5.41) is 25.0. The van der Waals surface area contributed by atoms with E-state index < -0.39 is 23.9 Å². The van der Waals surface area contributed by atoms with Crippen molar-refractivity contribution in [3.05, 3.63) is 47.5 Å². The Kier molecular flexibility index (Phi) is 29.1. The normalized spacial score (nSPS) is 10.9. The molecule has 0 spiro atoms. The third-order valence-electron chi connectivity index (χ3n) is 11.0. The van der Waals surface area contributed by atoms with Gasteiger partial charge in [-0.1, -0.05) is 155 Å². The van der Waals surface area contributed by atoms with Gasteiger partial charge in [0.15, 0.2) is 0 Å². The number of nitrogens with one attached hydrogen (secondary N) is 2. The number of carboxylic acid groups (broad SMARTS) is 2. The van der Waals surface area contributed by atoms with Crippen LogP contribution in [-0.2, 0) is 19.2 Å². The summed E-state index contributed by atoms with van der Waals surface area (Å²) in [6.07, 6.45) is 28.3. The van der Waals surface area contributed by atoms with E-state index in [-0.39, 0.29) is 47.3 Å². The number of unbranched alkanes of at least 4 members (excludes halogenated alkanes) is 23. The zero-order valence-electron chi connectivity index (χ0n) is 37.8. The third kappa shape index (κ3) is 25.3. The van der Waals surface area contributed by atoms with E-state index in [1.807, 2.05) is 0 Å². The van der Waals surface area contributed by atoms with Gasteiger partial charge in [-0.05, 0) is 62.1 Å². The molecule has 0 aromatic heterocycles. The van der Waals surface area contributed by atoms with Crippen LogP contribution in [0.5, 0.6) is 11.5 Å². The number of esters is 2. The molecule has 62 heavy (non-hydrogen) atoms. The topological polar surface area (TPSA) is 185 Å². The molecule has 2 rings (SSSR count). The number of carbonyl (C=O) groups excluding carboxylic acids is 4. The van der Waals surface area contributed by atoms with Crippen molar-refractivity contribution in [3.8, 4) is 11.5 Å². The molecule has 12 heteroatoms. The quantitative estimate of drug-likeness (QED) is 0.0289. The second-order valence-corrected chi connectivity index (χ2v) is 16.6. The fraction of sp³-hybridized carbons (Fsp3) is 0.640. The van der Waals surface area contributed by atoms with E-state index >= 15 is 0 Å². The zero-order valence-corrected chi connectivity index (χ0v) is 37.8. The van der Waals surface area contributed by atoms with Crippen LogP contribution in [0.2, 0.25) is 0 Å². The largest absolute Gasteiger partial charge is 0.478 e. The van der Waals surface area contributed by atoms with Gasteiger partial charge in [0.05, 0.1) is 0 Å². The maximum absolute atomic E-state index is 12.5. The number of carboxylic acids is 2. The molecule has 4 N–H and O–H groups in total. The van der Waals surface area contributed by atoms with E-state index in [2.05, 4.69) is 24.5 Å². The Morgan fingerprint density at radius 1 is 0.403 bits per heavy atom. The predicted octanol–water partition coefficient (Wildman–Crippen LogP) is 13.2. The van der Waals surface area contributed by atoms with Gasteiger partial charge in [0.2, 0.25) is 11.8 Å². The van der Waals surface area contributed by atoms with Gasteiger partial charge in [0.25, 0.3) is 0 Å². The van der Waals surface area contributed by atoms with Gasteiger partial charge in [0, 0.05) is 37.1 Å². The summed E-state index contributed by atoms with van der Waals surface area (Å²) in [6.45, 7) is 4.41. The summed E-state index contributed by atoms with van der Waals surface area (Å²) in [4.78, 5) is 73.7. The fourth-order valence-electron chi connectivity index (χ4n) is 7.31. The predicted molar refractivity (Wildman–Crippen MR) is 245 cm³/mol. The van der Waals surface area contributed by atoms with Crippen LogP contribution >= 0.6 is 0 Å². The van der Waals surface area contributed by atoms with E-state index in [0.717, 1.165) is 77.0 Å². The summed E-state index contributed by atoms with van der Waals surface area (Å²) in [5.74, 6) is -3.98. The number of benzene rings is 2. The van der Waals surface area contributed by atoms with E-state index in [9.17, 15) is 39.0 Å². The number of hydrogen-bond donors (Lipinski definition) is 4. The molecular weight excluding hydrogens is 789 g/mol. The molecule has 0 unspecified atom stereocenters. The number of anilines is 2. The Labute approximate surface area is 370 Å². The average Bonchev–Trinajstić information content (AvgIpc) is 3.24. The molecule has 346 valence electrons. The first kappa shape index (κ1) is 53.4. The summed E-state index contributed by atoms with van der Waals surface area (Å²) in [7, 11) is 0. The minimum absolute atomic E-state index is 0.0523. The lowest BCUT2D eigenvalue weighted by Crippen LogP contribution is -2.14. The molecule has 0 aliphatic carbocycles. The monoisotopic (exact) mass is 865 g/mol. The Bertz CT molecular complexity index is 1520. The molecule has 0 fully saturated rings. The van der Waals surface area contributed by atoms with Gasteiger partial charge in [-0.2, -0.15) is 0 Å². The van der Waals surface area contributed by atoms with Crippen molar-refractivity contribution in [1.82, 2.24) is 0 Å². The van der Waals surface area contributed by atoms with Crippen LogP contribution < -0.4 is 20.1 Å². The summed E-state index contributed by atoms with van der Waals surface area (Å²) < 4.78 is 10.8. The third-order valence-corrected chi connectivity index (χ3v) is 11.0. The first-order valence-electron chi connectivity index (χ1n) is 23.8. The molecule has 0 aliphatic heterocycles. The first-order chi connectivity index (χ1) is 30.0. The smallest absolute Gasteiger partial charge is 0.339 e. The summed E-state index contributed by atoms with van der Waals surface area (Å²) in [6, 6.07) is 8.53. The SMILES string of the molecule is CCCCCCCCCCCC(=O)Nc1ccc(OC(=O)CCCCCCCCCCC(=O)Oc2ccc(NC(=O)CCCCCCCCCCC)cc2C(=O)O)c(C(=O)O)c1. The van der Waals surface area contributed by atoms with Crippen LogP contribution in [0.1, 0.15) is 227 Å². The van der Waals surface area contributed by atoms with Crippen LogP contribution in [-0.4, -0.2) is 45.9 Å². The van der Waals surface area contributed by atoms with Crippen molar-refractivity contribution >= 4 is 47.1 Å². The fourth-order valence-corrected chi connectivity index (χ4v) is 7.31. The van der Waals surface area contributed by atoms with E-state index in [1.54, 1.807) is 12.1 Å². The molecule has 0 saturated heterocycles. The van der Waals surface area contributed by atoms with Crippen LogP contribution in [0, 0.1) is 0 Å². The van der Waals surface area contributed by atoms with Crippen molar-refractivity contribution in [2.75, 3.05) is 10.6 Å². The highest BCUT2D eigenvalue weighted by Crippen LogP contribution is 2.26. The summed E-state index contributed by atoms with van der Waals surface area (Å²) >= 11 is 0. The second-order valence-electron chi connectivity index (χ2n) is 16.6. The highest BCUT2D eigenvalue weighted by Gasteiger charge is 2.18. The average molecular weight is 865 g/mol. The van der Waals surface area contributed by atoms with Crippen molar-refractivity contribution < 1.29 is 48.5 Å². The van der Waals surface area contributed by atoms with E-state index in [0.29, 0.717) is 37.1 Å². The highest BCUT2D eigenvalue weighted by molar-refractivity contribution is 5.97. The number of hydrogen-bond acceptors (Lipinski definition) is 8. The molecular formula is C50H76N2O10. The molecule has 2 aromatic rings. The highest BCUT2D eigenvalue weighted by atomic mass is 16.5. The van der Waals surface area contributed by atoms with E-state index in [4.69, 9.17) is 9.47 Å². The number of ether oxygens (including phenoxy) is 2. The Morgan fingerprint density at radius 2 is 0.677 bits per heavy atom. The molecule has 0 atom stereocenters. The minimum atomic E-state index is -1.25. The van der Waals surface area contributed by atoms with E-state index in [1.165, 1.54) is 101 Å². The summed E-state index contributed by atoms with van der Waals surface area (Å²) in [5.41, 5.74) is 0.322. The second kappa shape index (κ2) is 33.8. The molecule has 0 radical (unpaired) electrons. The van der Waals surface area contributed by atoms with Crippen molar-refractivity contribution in [2.24, 2.45) is 0 Å². The van der Waals surface area contributed by atoms with Crippen LogP contribution in [0.25, 0.3) is 0 Å². The van der Waals surface area contributed by atoms with Crippen LogP contribution in [0.3, 0.4) is 0 Å². The lowest BCUT2D eigenvalue weighted by atomic mass is 10.1.